The molecule has 2 aliphatic rings. The predicted molar refractivity (Wildman–Crippen MR) is 94.9 cm³/mol. The molecule has 8 heteroatoms. The van der Waals surface area contributed by atoms with E-state index in [2.05, 4.69) is 12.2 Å². The lowest BCUT2D eigenvalue weighted by atomic mass is 10.0. The molecule has 0 aliphatic carbocycles. The molecule has 0 spiro atoms. The second kappa shape index (κ2) is 8.10. The number of hydrogen-bond donors (Lipinski definition) is 1. The molecule has 24 heavy (non-hydrogen) atoms. The van der Waals surface area contributed by atoms with Crippen LogP contribution in [0, 0.1) is 11.7 Å². The van der Waals surface area contributed by atoms with Crippen LogP contribution in [0.4, 0.5) is 4.39 Å². The average Bonchev–Trinajstić information content (AvgIpc) is 2.55. The molecule has 3 rings (SSSR count). The molecule has 1 aromatic carbocycles. The molecule has 0 bridgehead atoms. The Morgan fingerprint density at radius 1 is 1.29 bits per heavy atom. The predicted octanol–water partition coefficient (Wildman–Crippen LogP) is 2.17. The largest absolute Gasteiger partial charge is 0.313 e. The lowest BCUT2D eigenvalue weighted by Gasteiger charge is -2.40. The Bertz CT molecular complexity index is 658. The topological polar surface area (TPSA) is 52.7 Å². The van der Waals surface area contributed by atoms with Crippen molar-refractivity contribution in [1.82, 2.24) is 13.9 Å². The Kier molecular flexibility index (Phi) is 6.61. The summed E-state index contributed by atoms with van der Waals surface area (Å²) in [6, 6.07) is 5.88. The van der Waals surface area contributed by atoms with E-state index >= 15 is 0 Å². The van der Waals surface area contributed by atoms with Gasteiger partial charge in [-0.15, -0.1) is 12.4 Å². The van der Waals surface area contributed by atoms with Crippen molar-refractivity contribution in [3.05, 3.63) is 35.6 Å². The number of nitrogens with zero attached hydrogens (tertiary/aromatic N) is 2. The minimum Gasteiger partial charge on any atom is -0.313 e. The highest BCUT2D eigenvalue weighted by Crippen LogP contribution is 2.29. The molecule has 1 aromatic rings. The lowest BCUT2D eigenvalue weighted by molar-refractivity contribution is 0.219. The van der Waals surface area contributed by atoms with Gasteiger partial charge in [0.25, 0.3) is 10.2 Å². The van der Waals surface area contributed by atoms with E-state index < -0.39 is 10.2 Å². The van der Waals surface area contributed by atoms with Gasteiger partial charge in [-0.3, -0.25) is 0 Å². The van der Waals surface area contributed by atoms with E-state index in [4.69, 9.17) is 0 Å². The Balaban J connectivity index is 0.00000208. The maximum Gasteiger partial charge on any atom is 0.282 e. The fourth-order valence-electron chi connectivity index (χ4n) is 3.46. The van der Waals surface area contributed by atoms with Crippen molar-refractivity contribution in [3.63, 3.8) is 0 Å². The van der Waals surface area contributed by atoms with Gasteiger partial charge in [-0.1, -0.05) is 19.1 Å². The molecule has 2 unspecified atom stereocenters. The summed E-state index contributed by atoms with van der Waals surface area (Å²) in [4.78, 5) is 0. The maximum atomic E-state index is 13.6. The van der Waals surface area contributed by atoms with Crippen LogP contribution in [0.15, 0.2) is 24.3 Å². The van der Waals surface area contributed by atoms with Crippen molar-refractivity contribution in [1.29, 1.82) is 0 Å². The smallest absolute Gasteiger partial charge is 0.282 e. The van der Waals surface area contributed by atoms with E-state index in [0.717, 1.165) is 12.8 Å². The molecule has 0 amide bonds. The van der Waals surface area contributed by atoms with Crippen LogP contribution >= 0.6 is 12.4 Å². The number of hydrogen-bond acceptors (Lipinski definition) is 3. The van der Waals surface area contributed by atoms with Crippen molar-refractivity contribution in [3.8, 4) is 0 Å². The molecule has 5 nitrogen and oxygen atoms in total. The summed E-state index contributed by atoms with van der Waals surface area (Å²) in [6.45, 7) is 4.77. The van der Waals surface area contributed by atoms with E-state index in [9.17, 15) is 12.8 Å². The summed E-state index contributed by atoms with van der Waals surface area (Å²) < 4.78 is 42.9. The third kappa shape index (κ3) is 4.08. The first kappa shape index (κ1) is 19.6. The van der Waals surface area contributed by atoms with Crippen LogP contribution in [0.5, 0.6) is 0 Å². The molecule has 0 saturated carbocycles. The van der Waals surface area contributed by atoms with Crippen molar-refractivity contribution in [2.45, 2.75) is 25.8 Å². The molecule has 2 heterocycles. The van der Waals surface area contributed by atoms with Crippen LogP contribution in [-0.2, 0) is 10.2 Å². The minimum absolute atomic E-state index is 0. The fraction of sp³-hybridized carbons (Fsp3) is 0.625. The Hall–Kier alpha value is -0.730. The standard InChI is InChI=1S/C16H24FN3O2S.ClH/c1-13-4-3-8-19(12-13)23(21,22)20-9-7-18-11-16(20)14-5-2-6-15(17)10-14;/h2,5-6,10,13,16,18H,3-4,7-9,11-12H2,1H3;1H. The normalized spacial score (nSPS) is 26.8. The molecule has 136 valence electrons. The van der Waals surface area contributed by atoms with Crippen LogP contribution < -0.4 is 5.32 Å². The fourth-order valence-corrected chi connectivity index (χ4v) is 5.40. The minimum atomic E-state index is -3.52. The van der Waals surface area contributed by atoms with Gasteiger partial charge in [0, 0.05) is 32.7 Å². The summed E-state index contributed by atoms with van der Waals surface area (Å²) in [6.07, 6.45) is 1.97. The van der Waals surface area contributed by atoms with Crippen LogP contribution in [-0.4, -0.2) is 49.8 Å². The lowest BCUT2D eigenvalue weighted by Crippen LogP contribution is -2.54. The van der Waals surface area contributed by atoms with Gasteiger partial charge in [0.15, 0.2) is 0 Å². The number of rotatable bonds is 3. The molecule has 1 N–H and O–H groups in total. The van der Waals surface area contributed by atoms with Gasteiger partial charge in [0.1, 0.15) is 5.82 Å². The maximum absolute atomic E-state index is 13.6. The van der Waals surface area contributed by atoms with Gasteiger partial charge in [0.05, 0.1) is 6.04 Å². The Morgan fingerprint density at radius 2 is 2.08 bits per heavy atom. The van der Waals surface area contributed by atoms with E-state index in [1.807, 2.05) is 0 Å². The summed E-state index contributed by atoms with van der Waals surface area (Å²) >= 11 is 0. The van der Waals surface area contributed by atoms with Gasteiger partial charge in [-0.25, -0.2) is 4.39 Å². The second-order valence-corrected chi connectivity index (χ2v) is 8.38. The van der Waals surface area contributed by atoms with Gasteiger partial charge in [-0.2, -0.15) is 17.0 Å². The molecule has 2 aliphatic heterocycles. The first-order valence-electron chi connectivity index (χ1n) is 8.21. The third-order valence-electron chi connectivity index (χ3n) is 4.67. The van der Waals surface area contributed by atoms with E-state index in [1.165, 1.54) is 16.4 Å². The third-order valence-corrected chi connectivity index (χ3v) is 6.68. The highest BCUT2D eigenvalue weighted by molar-refractivity contribution is 7.86. The van der Waals surface area contributed by atoms with Crippen molar-refractivity contribution in [2.75, 3.05) is 32.7 Å². The highest BCUT2D eigenvalue weighted by atomic mass is 35.5. The van der Waals surface area contributed by atoms with Gasteiger partial charge in [0.2, 0.25) is 0 Å². The number of nitrogens with one attached hydrogen (secondary N) is 1. The number of piperidine rings is 1. The molecular weight excluding hydrogens is 353 g/mol. The molecule has 0 radical (unpaired) electrons. The van der Waals surface area contributed by atoms with Crippen molar-refractivity contribution in [2.24, 2.45) is 5.92 Å². The molecule has 0 aromatic heterocycles. The average molecular weight is 378 g/mol. The van der Waals surface area contributed by atoms with Crippen LogP contribution in [0.3, 0.4) is 0 Å². The first-order valence-corrected chi connectivity index (χ1v) is 9.61. The number of piperazine rings is 1. The zero-order chi connectivity index (χ0) is 16.4. The van der Waals surface area contributed by atoms with Crippen molar-refractivity contribution < 1.29 is 12.8 Å². The Labute approximate surface area is 149 Å². The van der Waals surface area contributed by atoms with E-state index in [-0.39, 0.29) is 24.3 Å². The van der Waals surface area contributed by atoms with E-state index in [0.29, 0.717) is 44.2 Å². The molecule has 2 atom stereocenters. The Morgan fingerprint density at radius 3 is 2.79 bits per heavy atom. The van der Waals surface area contributed by atoms with Crippen LogP contribution in [0.25, 0.3) is 0 Å². The van der Waals surface area contributed by atoms with Gasteiger partial charge < -0.3 is 5.32 Å². The summed E-state index contributed by atoms with van der Waals surface area (Å²) in [5, 5.41) is 3.22. The summed E-state index contributed by atoms with van der Waals surface area (Å²) in [7, 11) is -3.52. The molecular formula is C16H25ClFN3O2S. The number of benzene rings is 1. The van der Waals surface area contributed by atoms with E-state index in [1.54, 1.807) is 16.4 Å². The second-order valence-electron chi connectivity index (χ2n) is 6.50. The summed E-state index contributed by atoms with van der Waals surface area (Å²) in [5.41, 5.74) is 0.700. The molecule has 2 fully saturated rings. The van der Waals surface area contributed by atoms with Crippen LogP contribution in [0.1, 0.15) is 31.4 Å². The monoisotopic (exact) mass is 377 g/mol. The number of halogens is 2. The van der Waals surface area contributed by atoms with Crippen LogP contribution in [0.2, 0.25) is 0 Å². The SMILES string of the molecule is CC1CCCN(S(=O)(=O)N2CCNCC2c2cccc(F)c2)C1.Cl. The quantitative estimate of drug-likeness (QED) is 0.878. The molecule has 2 saturated heterocycles. The highest BCUT2D eigenvalue weighted by Gasteiger charge is 2.38. The first-order chi connectivity index (χ1) is 11.0. The zero-order valence-corrected chi connectivity index (χ0v) is 15.5. The van der Waals surface area contributed by atoms with Gasteiger partial charge in [-0.05, 0) is 36.5 Å². The van der Waals surface area contributed by atoms with Gasteiger partial charge >= 0.3 is 0 Å². The van der Waals surface area contributed by atoms with Crippen molar-refractivity contribution >= 4 is 22.6 Å². The summed E-state index contributed by atoms with van der Waals surface area (Å²) in [5.74, 6) is 0.0473. The zero-order valence-electron chi connectivity index (χ0n) is 13.8.